The van der Waals surface area contributed by atoms with Crippen molar-refractivity contribution in [1.29, 1.82) is 0 Å². The number of amides is 1. The molecule has 1 fully saturated rings. The van der Waals surface area contributed by atoms with E-state index in [1.807, 2.05) is 35.2 Å². The van der Waals surface area contributed by atoms with Crippen molar-refractivity contribution in [3.63, 3.8) is 0 Å². The summed E-state index contributed by atoms with van der Waals surface area (Å²) in [5.41, 5.74) is 6.87. The first-order valence-electron chi connectivity index (χ1n) is 6.70. The molecule has 3 nitrogen and oxygen atoms in total. The Morgan fingerprint density at radius 3 is 2.68 bits per heavy atom. The maximum absolute atomic E-state index is 12.5. The zero-order valence-electron chi connectivity index (χ0n) is 11.2. The summed E-state index contributed by atoms with van der Waals surface area (Å²) >= 11 is 5.09. The summed E-state index contributed by atoms with van der Waals surface area (Å²) in [6.45, 7) is 3.82. The number of nitrogens with two attached hydrogens (primary N) is 1. The van der Waals surface area contributed by atoms with E-state index in [0.29, 0.717) is 17.3 Å². The number of hydrogen-bond donors (Lipinski definition) is 1. The molecule has 2 N–H and O–H groups in total. The van der Waals surface area contributed by atoms with Gasteiger partial charge in [-0.25, -0.2) is 0 Å². The lowest BCUT2D eigenvalue weighted by atomic mass is 9.98. The quantitative estimate of drug-likeness (QED) is 0.856. The van der Waals surface area contributed by atoms with Gasteiger partial charge in [-0.15, -0.1) is 0 Å². The Labute approximate surface area is 119 Å². The van der Waals surface area contributed by atoms with Crippen molar-refractivity contribution in [2.75, 3.05) is 13.1 Å². The van der Waals surface area contributed by atoms with Gasteiger partial charge in [0, 0.05) is 13.1 Å². The van der Waals surface area contributed by atoms with Crippen LogP contribution in [0.25, 0.3) is 0 Å². The molecule has 0 spiro atoms. The van der Waals surface area contributed by atoms with E-state index in [-0.39, 0.29) is 11.8 Å². The van der Waals surface area contributed by atoms with Crippen LogP contribution in [-0.2, 0) is 11.2 Å². The second-order valence-electron chi connectivity index (χ2n) is 5.32. The van der Waals surface area contributed by atoms with Gasteiger partial charge in [-0.05, 0) is 24.3 Å². The average Bonchev–Trinajstić information content (AvgIpc) is 2.83. The van der Waals surface area contributed by atoms with Gasteiger partial charge in [0.15, 0.2) is 0 Å². The van der Waals surface area contributed by atoms with Gasteiger partial charge in [0.1, 0.15) is 0 Å². The molecule has 0 bridgehead atoms. The van der Waals surface area contributed by atoms with E-state index in [2.05, 4.69) is 6.92 Å². The molecule has 1 aliphatic rings. The van der Waals surface area contributed by atoms with Crippen molar-refractivity contribution in [3.05, 3.63) is 35.9 Å². The molecule has 0 saturated carbocycles. The Hall–Kier alpha value is -1.42. The van der Waals surface area contributed by atoms with Crippen LogP contribution in [0.1, 0.15) is 18.9 Å². The summed E-state index contributed by atoms with van der Waals surface area (Å²) in [6, 6.07) is 9.91. The van der Waals surface area contributed by atoms with Crippen LogP contribution < -0.4 is 5.73 Å². The van der Waals surface area contributed by atoms with E-state index in [1.165, 1.54) is 0 Å². The lowest BCUT2D eigenvalue weighted by Gasteiger charge is -2.22. The molecule has 0 aromatic heterocycles. The molecule has 2 atom stereocenters. The minimum absolute atomic E-state index is 0.0840. The monoisotopic (exact) mass is 276 g/mol. The van der Waals surface area contributed by atoms with Crippen molar-refractivity contribution in [1.82, 2.24) is 4.90 Å². The molecule has 0 radical (unpaired) electrons. The maximum Gasteiger partial charge on any atom is 0.232 e. The number of likely N-dealkylation sites (tertiary alicyclic amines) is 1. The van der Waals surface area contributed by atoms with E-state index in [9.17, 15) is 4.79 Å². The first kappa shape index (κ1) is 14.0. The highest BCUT2D eigenvalue weighted by atomic mass is 32.1. The van der Waals surface area contributed by atoms with Crippen molar-refractivity contribution in [2.24, 2.45) is 17.6 Å². The van der Waals surface area contributed by atoms with Gasteiger partial charge >= 0.3 is 0 Å². The summed E-state index contributed by atoms with van der Waals surface area (Å²) in [7, 11) is 0. The van der Waals surface area contributed by atoms with Crippen LogP contribution in [0.3, 0.4) is 0 Å². The summed E-state index contributed by atoms with van der Waals surface area (Å²) in [4.78, 5) is 14.7. The van der Waals surface area contributed by atoms with Crippen LogP contribution in [0.4, 0.5) is 0 Å². The molecule has 1 aromatic carbocycles. The third kappa shape index (κ3) is 3.53. The first-order valence-corrected chi connectivity index (χ1v) is 7.10. The number of hydrogen-bond acceptors (Lipinski definition) is 2. The second-order valence-corrected chi connectivity index (χ2v) is 5.79. The predicted octanol–water partition coefficient (Wildman–Crippen LogP) is 2.00. The van der Waals surface area contributed by atoms with Crippen LogP contribution in [0, 0.1) is 11.8 Å². The average molecular weight is 276 g/mol. The fraction of sp³-hybridized carbons (Fsp3) is 0.467. The highest BCUT2D eigenvalue weighted by Gasteiger charge is 2.30. The highest BCUT2D eigenvalue weighted by Crippen LogP contribution is 2.20. The number of thiocarbonyl (C=S) groups is 1. The maximum atomic E-state index is 12.5. The third-order valence-electron chi connectivity index (χ3n) is 3.66. The lowest BCUT2D eigenvalue weighted by molar-refractivity contribution is -0.132. The Morgan fingerprint density at radius 2 is 2.16 bits per heavy atom. The molecule has 0 aliphatic carbocycles. The van der Waals surface area contributed by atoms with Gasteiger partial charge in [-0.2, -0.15) is 0 Å². The summed E-state index contributed by atoms with van der Waals surface area (Å²) in [5, 5.41) is 0. The molecule has 1 saturated heterocycles. The Kier molecular flexibility index (Phi) is 4.53. The molecule has 1 heterocycles. The number of benzene rings is 1. The minimum Gasteiger partial charge on any atom is -0.393 e. The van der Waals surface area contributed by atoms with Gasteiger partial charge < -0.3 is 10.6 Å². The zero-order chi connectivity index (χ0) is 13.8. The van der Waals surface area contributed by atoms with E-state index in [4.69, 9.17) is 18.0 Å². The SMILES string of the molecule is CC1CCN(C(=O)C(Cc2ccccc2)C(N)=S)C1. The molecule has 19 heavy (non-hydrogen) atoms. The molecule has 102 valence electrons. The van der Waals surface area contributed by atoms with Gasteiger partial charge in [0.05, 0.1) is 10.9 Å². The number of nitrogens with zero attached hydrogens (tertiary/aromatic N) is 1. The van der Waals surface area contributed by atoms with Crippen LogP contribution in [0.2, 0.25) is 0 Å². The minimum atomic E-state index is -0.373. The summed E-state index contributed by atoms with van der Waals surface area (Å²) in [6.07, 6.45) is 1.67. The molecule has 4 heteroatoms. The van der Waals surface area contributed by atoms with Gasteiger partial charge in [-0.3, -0.25) is 4.79 Å². The van der Waals surface area contributed by atoms with E-state index >= 15 is 0 Å². The number of rotatable bonds is 4. The van der Waals surface area contributed by atoms with Crippen molar-refractivity contribution in [3.8, 4) is 0 Å². The van der Waals surface area contributed by atoms with Gasteiger partial charge in [0.2, 0.25) is 5.91 Å². The molecular formula is C15H20N2OS. The highest BCUT2D eigenvalue weighted by molar-refractivity contribution is 7.80. The Balaban J connectivity index is 2.08. The normalized spacial score (nSPS) is 20.3. The first-order chi connectivity index (χ1) is 9.08. The van der Waals surface area contributed by atoms with E-state index < -0.39 is 0 Å². The molecule has 1 amide bonds. The molecule has 1 aliphatic heterocycles. The number of carbonyl (C=O) groups is 1. The van der Waals surface area contributed by atoms with Crippen molar-refractivity contribution >= 4 is 23.1 Å². The van der Waals surface area contributed by atoms with E-state index in [1.54, 1.807) is 0 Å². The molecular weight excluding hydrogens is 256 g/mol. The fourth-order valence-electron chi connectivity index (χ4n) is 2.51. The van der Waals surface area contributed by atoms with E-state index in [0.717, 1.165) is 25.1 Å². The summed E-state index contributed by atoms with van der Waals surface area (Å²) in [5.74, 6) is 0.288. The Morgan fingerprint density at radius 1 is 1.47 bits per heavy atom. The standard InChI is InChI=1S/C15H20N2OS/c1-11-7-8-17(10-11)15(18)13(14(16)19)9-12-5-3-2-4-6-12/h2-6,11,13H,7-10H2,1H3,(H2,16,19). The van der Waals surface area contributed by atoms with Gasteiger partial charge in [0.25, 0.3) is 0 Å². The largest absolute Gasteiger partial charge is 0.393 e. The molecule has 2 unspecified atom stereocenters. The van der Waals surface area contributed by atoms with Crippen LogP contribution >= 0.6 is 12.2 Å². The second kappa shape index (κ2) is 6.15. The smallest absolute Gasteiger partial charge is 0.232 e. The van der Waals surface area contributed by atoms with Gasteiger partial charge in [-0.1, -0.05) is 49.5 Å². The molecule has 2 rings (SSSR count). The van der Waals surface area contributed by atoms with Crippen LogP contribution in [-0.4, -0.2) is 28.9 Å². The van der Waals surface area contributed by atoms with Crippen molar-refractivity contribution < 1.29 is 4.79 Å². The van der Waals surface area contributed by atoms with Crippen LogP contribution in [0.15, 0.2) is 30.3 Å². The van der Waals surface area contributed by atoms with Crippen LogP contribution in [0.5, 0.6) is 0 Å². The Bertz CT molecular complexity index is 460. The zero-order valence-corrected chi connectivity index (χ0v) is 12.0. The third-order valence-corrected chi connectivity index (χ3v) is 3.94. The predicted molar refractivity (Wildman–Crippen MR) is 80.8 cm³/mol. The number of carbonyl (C=O) groups excluding carboxylic acids is 1. The summed E-state index contributed by atoms with van der Waals surface area (Å²) < 4.78 is 0. The lowest BCUT2D eigenvalue weighted by Crippen LogP contribution is -2.41. The fourth-order valence-corrected chi connectivity index (χ4v) is 2.70. The molecule has 1 aromatic rings. The van der Waals surface area contributed by atoms with Crippen molar-refractivity contribution in [2.45, 2.75) is 19.8 Å². The topological polar surface area (TPSA) is 46.3 Å².